The number of carbonyl (C=O) groups excluding carboxylic acids is 2. The van der Waals surface area contributed by atoms with E-state index in [9.17, 15) is 9.59 Å². The number of nitrogens with zero attached hydrogens (tertiary/aromatic N) is 2. The van der Waals surface area contributed by atoms with E-state index in [4.69, 9.17) is 9.47 Å². The zero-order valence-corrected chi connectivity index (χ0v) is 14.9. The Morgan fingerprint density at radius 1 is 1.04 bits per heavy atom. The van der Waals surface area contributed by atoms with E-state index in [0.29, 0.717) is 24.6 Å². The van der Waals surface area contributed by atoms with Gasteiger partial charge in [-0.1, -0.05) is 24.3 Å². The summed E-state index contributed by atoms with van der Waals surface area (Å²) in [5.41, 5.74) is 0.773. The van der Waals surface area contributed by atoms with E-state index in [2.05, 4.69) is 0 Å². The Kier molecular flexibility index (Phi) is 5.41. The first-order valence-corrected chi connectivity index (χ1v) is 8.53. The molecule has 0 saturated carbocycles. The first-order valence-electron chi connectivity index (χ1n) is 8.53. The molecule has 2 amide bonds. The van der Waals surface area contributed by atoms with Crippen molar-refractivity contribution < 1.29 is 19.1 Å². The fraction of sp³-hybridized carbons (Fsp3) is 0.300. The Hall–Kier alpha value is -3.02. The van der Waals surface area contributed by atoms with Gasteiger partial charge in [0.1, 0.15) is 18.0 Å². The molecular weight excluding hydrogens is 332 g/mol. The van der Waals surface area contributed by atoms with Gasteiger partial charge >= 0.3 is 0 Å². The summed E-state index contributed by atoms with van der Waals surface area (Å²) in [6, 6.07) is 16.5. The largest absolute Gasteiger partial charge is 0.497 e. The highest BCUT2D eigenvalue weighted by Gasteiger charge is 2.31. The lowest BCUT2D eigenvalue weighted by Gasteiger charge is -2.35. The molecule has 6 heteroatoms. The van der Waals surface area contributed by atoms with E-state index in [1.54, 1.807) is 36.0 Å². The summed E-state index contributed by atoms with van der Waals surface area (Å²) in [6.45, 7) is 2.65. The van der Waals surface area contributed by atoms with E-state index >= 15 is 0 Å². The van der Waals surface area contributed by atoms with E-state index in [-0.39, 0.29) is 18.4 Å². The van der Waals surface area contributed by atoms with Crippen LogP contribution in [0.25, 0.3) is 0 Å². The molecule has 1 aliphatic rings. The van der Waals surface area contributed by atoms with E-state index in [1.807, 2.05) is 42.5 Å². The third-order valence-corrected chi connectivity index (χ3v) is 4.30. The number of hydrogen-bond donors (Lipinski definition) is 0. The number of amides is 2. The molecule has 1 aliphatic heterocycles. The average Bonchev–Trinajstić information content (AvgIpc) is 2.68. The molecule has 1 saturated heterocycles. The highest BCUT2D eigenvalue weighted by molar-refractivity contribution is 5.98. The summed E-state index contributed by atoms with van der Waals surface area (Å²) >= 11 is 0. The van der Waals surface area contributed by atoms with Gasteiger partial charge in [0.15, 0.2) is 6.10 Å². The fourth-order valence-corrected chi connectivity index (χ4v) is 2.92. The molecule has 1 atom stereocenters. The number of benzene rings is 2. The maximum absolute atomic E-state index is 12.6. The molecule has 136 valence electrons. The third-order valence-electron chi connectivity index (χ3n) is 4.30. The second-order valence-corrected chi connectivity index (χ2v) is 6.08. The van der Waals surface area contributed by atoms with Crippen LogP contribution in [0.15, 0.2) is 54.6 Å². The van der Waals surface area contributed by atoms with Crippen molar-refractivity contribution in [1.29, 1.82) is 0 Å². The number of para-hydroxylation sites is 1. The lowest BCUT2D eigenvalue weighted by molar-refractivity contribution is -0.142. The van der Waals surface area contributed by atoms with Crippen molar-refractivity contribution in [3.05, 3.63) is 54.6 Å². The van der Waals surface area contributed by atoms with E-state index < -0.39 is 6.10 Å². The number of ether oxygens (including phenoxy) is 2. The minimum atomic E-state index is -0.645. The summed E-state index contributed by atoms with van der Waals surface area (Å²) in [5.74, 6) is 1.02. The number of carbonyl (C=O) groups is 2. The lowest BCUT2D eigenvalue weighted by Crippen LogP contribution is -2.54. The van der Waals surface area contributed by atoms with Gasteiger partial charge in [0.05, 0.1) is 7.11 Å². The van der Waals surface area contributed by atoms with Crippen LogP contribution in [0.5, 0.6) is 11.5 Å². The number of hydrogen-bond acceptors (Lipinski definition) is 4. The molecule has 0 bridgehead atoms. The Bertz CT molecular complexity index is 778. The van der Waals surface area contributed by atoms with Crippen molar-refractivity contribution in [3.63, 3.8) is 0 Å². The molecule has 0 radical (unpaired) electrons. The van der Waals surface area contributed by atoms with Crippen LogP contribution in [0.1, 0.15) is 6.92 Å². The second kappa shape index (κ2) is 7.91. The minimum absolute atomic E-state index is 0.0402. The summed E-state index contributed by atoms with van der Waals surface area (Å²) in [6.07, 6.45) is -0.645. The van der Waals surface area contributed by atoms with Gasteiger partial charge in [-0.25, -0.2) is 0 Å². The van der Waals surface area contributed by atoms with Crippen LogP contribution in [-0.2, 0) is 9.59 Å². The van der Waals surface area contributed by atoms with E-state index in [1.165, 1.54) is 0 Å². The lowest BCUT2D eigenvalue weighted by atomic mass is 10.2. The van der Waals surface area contributed by atoms with Crippen LogP contribution in [0.3, 0.4) is 0 Å². The Balaban J connectivity index is 1.62. The first kappa shape index (κ1) is 17.8. The zero-order chi connectivity index (χ0) is 18.5. The molecule has 0 N–H and O–H groups in total. The Labute approximate surface area is 152 Å². The predicted octanol–water partition coefficient (Wildman–Crippen LogP) is 2.34. The topological polar surface area (TPSA) is 59.1 Å². The number of rotatable bonds is 5. The molecule has 0 unspecified atom stereocenters. The molecule has 0 aliphatic carbocycles. The first-order chi connectivity index (χ1) is 12.6. The molecule has 0 spiro atoms. The summed E-state index contributed by atoms with van der Waals surface area (Å²) in [7, 11) is 1.59. The normalized spacial score (nSPS) is 15.5. The van der Waals surface area contributed by atoms with Gasteiger partial charge in [0.2, 0.25) is 5.91 Å². The molecule has 1 heterocycles. The van der Waals surface area contributed by atoms with Crippen molar-refractivity contribution in [2.24, 2.45) is 0 Å². The molecule has 26 heavy (non-hydrogen) atoms. The van der Waals surface area contributed by atoms with Crippen molar-refractivity contribution >= 4 is 17.5 Å². The maximum atomic E-state index is 12.6. The van der Waals surface area contributed by atoms with Crippen LogP contribution < -0.4 is 14.4 Å². The highest BCUT2D eigenvalue weighted by Crippen LogP contribution is 2.23. The zero-order valence-electron chi connectivity index (χ0n) is 14.9. The Morgan fingerprint density at radius 3 is 2.46 bits per heavy atom. The van der Waals surface area contributed by atoms with Crippen molar-refractivity contribution in [3.8, 4) is 11.5 Å². The van der Waals surface area contributed by atoms with Crippen molar-refractivity contribution in [1.82, 2.24) is 4.90 Å². The number of piperazine rings is 1. The monoisotopic (exact) mass is 354 g/mol. The minimum Gasteiger partial charge on any atom is -0.497 e. The predicted molar refractivity (Wildman–Crippen MR) is 98.5 cm³/mol. The smallest absolute Gasteiger partial charge is 0.263 e. The van der Waals surface area contributed by atoms with Gasteiger partial charge in [-0.05, 0) is 31.2 Å². The maximum Gasteiger partial charge on any atom is 0.263 e. The van der Waals surface area contributed by atoms with Gasteiger partial charge < -0.3 is 19.3 Å². The van der Waals surface area contributed by atoms with Gasteiger partial charge in [0, 0.05) is 24.8 Å². The van der Waals surface area contributed by atoms with Crippen LogP contribution in [0.2, 0.25) is 0 Å². The van der Waals surface area contributed by atoms with Gasteiger partial charge in [-0.2, -0.15) is 0 Å². The van der Waals surface area contributed by atoms with Gasteiger partial charge in [-0.15, -0.1) is 0 Å². The molecule has 2 aromatic carbocycles. The third kappa shape index (κ3) is 3.96. The molecular formula is C20H22N2O4. The highest BCUT2D eigenvalue weighted by atomic mass is 16.5. The van der Waals surface area contributed by atoms with Crippen LogP contribution in [0, 0.1) is 0 Å². The molecule has 3 rings (SSSR count). The molecule has 1 fully saturated rings. The molecule has 6 nitrogen and oxygen atoms in total. The van der Waals surface area contributed by atoms with Crippen LogP contribution >= 0.6 is 0 Å². The Morgan fingerprint density at radius 2 is 1.77 bits per heavy atom. The van der Waals surface area contributed by atoms with Crippen LogP contribution in [-0.4, -0.2) is 49.6 Å². The molecule has 2 aromatic rings. The van der Waals surface area contributed by atoms with Crippen molar-refractivity contribution in [2.75, 3.05) is 31.6 Å². The number of anilines is 1. The van der Waals surface area contributed by atoms with Crippen LogP contribution in [0.4, 0.5) is 5.69 Å². The van der Waals surface area contributed by atoms with Crippen molar-refractivity contribution in [2.45, 2.75) is 13.0 Å². The van der Waals surface area contributed by atoms with Gasteiger partial charge in [0.25, 0.3) is 5.91 Å². The van der Waals surface area contributed by atoms with Gasteiger partial charge in [-0.3, -0.25) is 9.59 Å². The summed E-state index contributed by atoms with van der Waals surface area (Å²) in [4.78, 5) is 28.4. The standard InChI is InChI=1S/C20H22N2O4/c1-15(26-17-8-4-3-5-9-17)20(24)21-11-12-22(19(23)14-21)16-7-6-10-18(13-16)25-2/h3-10,13,15H,11-12,14H2,1-2H3/t15-/m1/s1. The number of methoxy groups -OCH3 is 1. The summed E-state index contributed by atoms with van der Waals surface area (Å²) in [5, 5.41) is 0. The van der Waals surface area contributed by atoms with E-state index in [0.717, 1.165) is 5.69 Å². The fourth-order valence-electron chi connectivity index (χ4n) is 2.92. The SMILES string of the molecule is COc1cccc(N2CCN(C(=O)[C@@H](C)Oc3ccccc3)CC2=O)c1. The molecule has 0 aromatic heterocycles. The quantitative estimate of drug-likeness (QED) is 0.827. The summed E-state index contributed by atoms with van der Waals surface area (Å²) < 4.78 is 10.9. The second-order valence-electron chi connectivity index (χ2n) is 6.08. The average molecular weight is 354 g/mol.